The lowest BCUT2D eigenvalue weighted by molar-refractivity contribution is 0.668. The summed E-state index contributed by atoms with van der Waals surface area (Å²) >= 11 is 0. The van der Waals surface area contributed by atoms with E-state index >= 15 is 0 Å². The Kier molecular flexibility index (Phi) is 12.9. The van der Waals surface area contributed by atoms with Crippen LogP contribution in [0.5, 0.6) is 0 Å². The summed E-state index contributed by atoms with van der Waals surface area (Å²) in [6.07, 6.45) is 0. The van der Waals surface area contributed by atoms with Crippen molar-refractivity contribution in [1.82, 2.24) is 18.3 Å². The predicted octanol–water partition coefficient (Wildman–Crippen LogP) is 26.2. The molecule has 16 aromatic carbocycles. The van der Waals surface area contributed by atoms with Crippen molar-refractivity contribution in [3.8, 4) is 67.3 Å². The molecule has 0 saturated heterocycles. The highest BCUT2D eigenvalue weighted by atomic mass is 16.3. The lowest BCUT2D eigenvalue weighted by atomic mass is 9.95. The standard InChI is InChI=1S/2C48H30N2O/c1-2-13-31(14-3-1)32-27-29-33(30-28-32)49-39-20-7-4-15-36(39)46-34(18-10-22-41(46)49)35-19-11-23-42-47(35)37-16-5-8-21-40(37)50(42)43-24-12-26-45-48(43)38-17-6-9-25-44(38)51-45;1-2-12-31(13-3-1)32-24-26-33(27-25-32)49-41-19-7-4-15-39(41)47-37(17-10-21-43(47)49)38-18-11-22-44-48(38)40-16-5-8-20-42(40)50(44)34-28-29-36-35-14-6-9-23-45(35)51-46(36)30-34/h2*1-30H. The number of aromatic nitrogens is 4. The van der Waals surface area contributed by atoms with Crippen LogP contribution in [0, 0.1) is 0 Å². The van der Waals surface area contributed by atoms with Crippen LogP contribution in [0.25, 0.3) is 198 Å². The number of para-hydroxylation sites is 6. The van der Waals surface area contributed by atoms with Crippen molar-refractivity contribution in [3.63, 3.8) is 0 Å². The van der Waals surface area contributed by atoms with Crippen molar-refractivity contribution in [1.29, 1.82) is 0 Å². The van der Waals surface area contributed by atoms with E-state index in [9.17, 15) is 0 Å². The van der Waals surface area contributed by atoms with Gasteiger partial charge in [0.25, 0.3) is 0 Å². The molecule has 6 heteroatoms. The van der Waals surface area contributed by atoms with Crippen LogP contribution < -0.4 is 0 Å². The molecule has 0 amide bonds. The SMILES string of the molecule is c1ccc(-c2ccc(-n3c4ccccc4c4c(-c5cccc6c5c5ccccc5n6-c5ccc6c(c5)oc5ccccc56)cccc43)cc2)cc1.c1ccc(-c2ccc(-n3c4ccccc4c4c(-c5cccc6c5c5ccccc5n6-c5cccc6oc7ccccc7c56)cccc43)cc2)cc1. The Balaban J connectivity index is 0.000000133. The number of fused-ring (bicyclic) bond motifs is 18. The molecule has 0 unspecified atom stereocenters. The maximum absolute atomic E-state index is 6.35. The van der Waals surface area contributed by atoms with Gasteiger partial charge in [-0.05, 0) is 154 Å². The van der Waals surface area contributed by atoms with Gasteiger partial charge >= 0.3 is 0 Å². The van der Waals surface area contributed by atoms with Gasteiger partial charge in [0.05, 0.1) is 55.2 Å². The molecule has 0 radical (unpaired) electrons. The first kappa shape index (κ1) is 57.4. The van der Waals surface area contributed by atoms with Crippen LogP contribution in [0.15, 0.2) is 373 Å². The number of nitrogens with zero attached hydrogens (tertiary/aromatic N) is 4. The zero-order valence-corrected chi connectivity index (χ0v) is 55.2. The van der Waals surface area contributed by atoms with Gasteiger partial charge in [-0.15, -0.1) is 0 Å². The maximum Gasteiger partial charge on any atom is 0.137 e. The van der Waals surface area contributed by atoms with E-state index in [2.05, 4.69) is 364 Å². The van der Waals surface area contributed by atoms with Crippen LogP contribution in [-0.4, -0.2) is 18.3 Å². The van der Waals surface area contributed by atoms with Crippen molar-refractivity contribution in [2.24, 2.45) is 0 Å². The summed E-state index contributed by atoms with van der Waals surface area (Å²) in [6, 6.07) is 131. The van der Waals surface area contributed by atoms with E-state index in [4.69, 9.17) is 8.83 Å². The highest BCUT2D eigenvalue weighted by Gasteiger charge is 2.25. The number of rotatable bonds is 8. The molecule has 0 aliphatic carbocycles. The normalized spacial score (nSPS) is 11.9. The third-order valence-electron chi connectivity index (χ3n) is 21.1. The highest BCUT2D eigenvalue weighted by molar-refractivity contribution is 6.25. The quantitative estimate of drug-likeness (QED) is 0.152. The molecule has 0 atom stereocenters. The smallest absolute Gasteiger partial charge is 0.137 e. The van der Waals surface area contributed by atoms with Gasteiger partial charge in [-0.25, -0.2) is 0 Å². The van der Waals surface area contributed by atoms with E-state index in [1.54, 1.807) is 0 Å². The summed E-state index contributed by atoms with van der Waals surface area (Å²) in [5.74, 6) is 0. The van der Waals surface area contributed by atoms with Gasteiger partial charge in [-0.3, -0.25) is 0 Å². The second-order valence-corrected chi connectivity index (χ2v) is 26.6. The topological polar surface area (TPSA) is 46.0 Å². The molecule has 0 saturated carbocycles. The van der Waals surface area contributed by atoms with Crippen LogP contribution in [-0.2, 0) is 0 Å². The fraction of sp³-hybridized carbons (Fsp3) is 0. The Morgan fingerprint density at radius 2 is 0.471 bits per heavy atom. The maximum atomic E-state index is 6.35. The summed E-state index contributed by atoms with van der Waals surface area (Å²) in [7, 11) is 0. The lowest BCUT2D eigenvalue weighted by Gasteiger charge is -2.12. The summed E-state index contributed by atoms with van der Waals surface area (Å²) in [5.41, 5.74) is 27.3. The molecule has 0 aliphatic rings. The molecule has 0 fully saturated rings. The van der Waals surface area contributed by atoms with Gasteiger partial charge in [0, 0.05) is 82.4 Å². The van der Waals surface area contributed by atoms with E-state index < -0.39 is 0 Å². The molecule has 0 N–H and O–H groups in total. The molecule has 476 valence electrons. The van der Waals surface area contributed by atoms with Crippen molar-refractivity contribution in [2.45, 2.75) is 0 Å². The Bertz CT molecular complexity index is 7100. The van der Waals surface area contributed by atoms with Crippen LogP contribution >= 0.6 is 0 Å². The number of hydrogen-bond donors (Lipinski definition) is 0. The molecule has 0 aliphatic heterocycles. The fourth-order valence-corrected chi connectivity index (χ4v) is 16.7. The number of hydrogen-bond acceptors (Lipinski definition) is 2. The second kappa shape index (κ2) is 23.0. The molecular weight excluding hydrogens is 1240 g/mol. The van der Waals surface area contributed by atoms with Crippen molar-refractivity contribution in [2.75, 3.05) is 0 Å². The Morgan fingerprint density at radius 1 is 0.167 bits per heavy atom. The molecule has 102 heavy (non-hydrogen) atoms. The molecular formula is C96H60N4O2. The van der Waals surface area contributed by atoms with Gasteiger partial charge < -0.3 is 27.1 Å². The van der Waals surface area contributed by atoms with Crippen molar-refractivity contribution < 1.29 is 8.83 Å². The van der Waals surface area contributed by atoms with Crippen LogP contribution in [0.3, 0.4) is 0 Å². The van der Waals surface area contributed by atoms with E-state index in [0.29, 0.717) is 0 Å². The number of benzene rings is 16. The summed E-state index contributed by atoms with van der Waals surface area (Å²) < 4.78 is 22.3. The zero-order valence-electron chi connectivity index (χ0n) is 55.2. The Labute approximate surface area is 585 Å². The summed E-state index contributed by atoms with van der Waals surface area (Å²) in [4.78, 5) is 0. The lowest BCUT2D eigenvalue weighted by Crippen LogP contribution is -1.95. The summed E-state index contributed by atoms with van der Waals surface area (Å²) in [6.45, 7) is 0. The van der Waals surface area contributed by atoms with Crippen LogP contribution in [0.4, 0.5) is 0 Å². The average Bonchev–Trinajstić information content (AvgIpc) is 1.56. The van der Waals surface area contributed by atoms with Crippen LogP contribution in [0.1, 0.15) is 0 Å². The monoisotopic (exact) mass is 1300 g/mol. The first-order chi connectivity index (χ1) is 50.6. The Morgan fingerprint density at radius 3 is 0.931 bits per heavy atom. The highest BCUT2D eigenvalue weighted by Crippen LogP contribution is 2.48. The minimum atomic E-state index is 0.894. The molecule has 6 heterocycles. The molecule has 6 nitrogen and oxygen atoms in total. The molecule has 22 rings (SSSR count). The van der Waals surface area contributed by atoms with Crippen LogP contribution in [0.2, 0.25) is 0 Å². The van der Waals surface area contributed by atoms with Gasteiger partial charge in [0.1, 0.15) is 22.3 Å². The van der Waals surface area contributed by atoms with Gasteiger partial charge in [-0.1, -0.05) is 249 Å². The minimum absolute atomic E-state index is 0.894. The molecule has 22 aromatic rings. The number of furan rings is 2. The summed E-state index contributed by atoms with van der Waals surface area (Å²) in [5, 5.41) is 14.5. The largest absolute Gasteiger partial charge is 0.456 e. The zero-order chi connectivity index (χ0) is 66.9. The van der Waals surface area contributed by atoms with E-state index in [-0.39, 0.29) is 0 Å². The molecule has 6 aromatic heterocycles. The molecule has 0 spiro atoms. The first-order valence-corrected chi connectivity index (χ1v) is 34.9. The first-order valence-electron chi connectivity index (χ1n) is 34.9. The molecule has 0 bridgehead atoms. The van der Waals surface area contributed by atoms with Gasteiger partial charge in [-0.2, -0.15) is 0 Å². The van der Waals surface area contributed by atoms with E-state index in [1.165, 1.54) is 132 Å². The predicted molar refractivity (Wildman–Crippen MR) is 427 cm³/mol. The Hall–Kier alpha value is -13.7. The third kappa shape index (κ3) is 8.79. The minimum Gasteiger partial charge on any atom is -0.456 e. The average molecular weight is 1300 g/mol. The van der Waals surface area contributed by atoms with E-state index in [1.807, 2.05) is 18.2 Å². The fourth-order valence-electron chi connectivity index (χ4n) is 16.7. The van der Waals surface area contributed by atoms with Crippen molar-refractivity contribution in [3.05, 3.63) is 364 Å². The second-order valence-electron chi connectivity index (χ2n) is 26.6. The van der Waals surface area contributed by atoms with Gasteiger partial charge in [0.15, 0.2) is 0 Å². The van der Waals surface area contributed by atoms with Crippen molar-refractivity contribution >= 4 is 131 Å². The third-order valence-corrected chi connectivity index (χ3v) is 21.1. The van der Waals surface area contributed by atoms with Gasteiger partial charge in [0.2, 0.25) is 0 Å². The van der Waals surface area contributed by atoms with E-state index in [0.717, 1.165) is 66.6 Å².